The number of carbonyl (C=O) groups is 5. The average molecular weight is 694 g/mol. The Morgan fingerprint density at radius 2 is 1.52 bits per heavy atom. The summed E-state index contributed by atoms with van der Waals surface area (Å²) < 4.78 is 10.8. The van der Waals surface area contributed by atoms with Crippen LogP contribution in [-0.4, -0.2) is 46.6 Å². The maximum atomic E-state index is 15.1. The van der Waals surface area contributed by atoms with Crippen molar-refractivity contribution in [3.05, 3.63) is 149 Å². The minimum atomic E-state index is -1.51. The maximum absolute atomic E-state index is 15.1. The zero-order chi connectivity index (χ0) is 36.1. The fraction of sp³-hybridized carbons (Fsp3) is 0.233. The molecule has 1 N–H and O–H groups in total. The summed E-state index contributed by atoms with van der Waals surface area (Å²) in [5, 5.41) is 11.9. The van der Waals surface area contributed by atoms with Gasteiger partial charge in [-0.2, -0.15) is 4.90 Å². The van der Waals surface area contributed by atoms with Gasteiger partial charge in [-0.1, -0.05) is 109 Å². The van der Waals surface area contributed by atoms with Crippen molar-refractivity contribution in [1.29, 1.82) is 0 Å². The first-order valence-electron chi connectivity index (χ1n) is 17.3. The van der Waals surface area contributed by atoms with Gasteiger partial charge in [0.1, 0.15) is 18.1 Å². The molecule has 0 radical (unpaired) electrons. The minimum Gasteiger partial charge on any atom is -0.508 e. The summed E-state index contributed by atoms with van der Waals surface area (Å²) in [4.78, 5) is 71.0. The molecule has 0 bridgehead atoms. The number of methoxy groups -OCH3 is 1. The molecule has 4 aromatic rings. The van der Waals surface area contributed by atoms with Crippen LogP contribution in [0, 0.1) is 23.7 Å². The van der Waals surface area contributed by atoms with Gasteiger partial charge in [-0.3, -0.25) is 19.2 Å². The predicted molar refractivity (Wildman–Crippen MR) is 190 cm³/mol. The van der Waals surface area contributed by atoms with E-state index in [4.69, 9.17) is 9.47 Å². The molecule has 4 aromatic carbocycles. The zero-order valence-corrected chi connectivity index (χ0v) is 28.3. The van der Waals surface area contributed by atoms with Gasteiger partial charge in [-0.15, -0.1) is 0 Å². The summed E-state index contributed by atoms with van der Waals surface area (Å²) >= 11 is 0. The fourth-order valence-corrected chi connectivity index (χ4v) is 9.09. The number of ether oxygens (including phenoxy) is 2. The monoisotopic (exact) mass is 693 g/mol. The zero-order valence-electron chi connectivity index (χ0n) is 28.3. The molecule has 0 aromatic heterocycles. The van der Waals surface area contributed by atoms with Crippen molar-refractivity contribution in [1.82, 2.24) is 4.90 Å². The van der Waals surface area contributed by atoms with Crippen molar-refractivity contribution in [2.75, 3.05) is 7.11 Å². The number of hydrogen-bond acceptors (Lipinski definition) is 8. The first-order valence-corrected chi connectivity index (χ1v) is 17.3. The number of rotatable bonds is 6. The number of likely N-dealkylation sites (tertiary alicyclic amines) is 1. The molecule has 1 aliphatic heterocycles. The summed E-state index contributed by atoms with van der Waals surface area (Å²) in [6.07, 6.45) is 2.45. The molecule has 9 nitrogen and oxygen atoms in total. The van der Waals surface area contributed by atoms with Crippen LogP contribution in [0.25, 0.3) is 5.57 Å². The van der Waals surface area contributed by atoms with Gasteiger partial charge in [-0.05, 0) is 47.6 Å². The first-order chi connectivity index (χ1) is 25.2. The van der Waals surface area contributed by atoms with E-state index in [9.17, 15) is 24.3 Å². The molecule has 0 unspecified atom stereocenters. The molecule has 3 amide bonds. The largest absolute Gasteiger partial charge is 0.508 e. The molecule has 0 spiro atoms. The van der Waals surface area contributed by atoms with E-state index in [0.717, 1.165) is 12.7 Å². The Morgan fingerprint density at radius 3 is 2.19 bits per heavy atom. The highest BCUT2D eigenvalue weighted by Crippen LogP contribution is 2.64. The van der Waals surface area contributed by atoms with Crippen LogP contribution in [0.3, 0.4) is 0 Å². The van der Waals surface area contributed by atoms with Gasteiger partial charge >= 0.3 is 6.09 Å². The Bertz CT molecular complexity index is 2180. The Balaban J connectivity index is 1.32. The van der Waals surface area contributed by atoms with Crippen molar-refractivity contribution in [2.45, 2.75) is 30.8 Å². The third kappa shape index (κ3) is 5.02. The molecule has 4 aliphatic rings. The molecule has 52 heavy (non-hydrogen) atoms. The van der Waals surface area contributed by atoms with Crippen LogP contribution in [0.5, 0.6) is 11.5 Å². The van der Waals surface area contributed by atoms with E-state index in [2.05, 4.69) is 0 Å². The average Bonchev–Trinajstić information content (AvgIpc) is 3.44. The number of aromatic hydroxyl groups is 1. The Hall–Kier alpha value is -6.09. The van der Waals surface area contributed by atoms with Gasteiger partial charge in [0, 0.05) is 29.0 Å². The number of ketones is 2. The molecule has 1 saturated heterocycles. The van der Waals surface area contributed by atoms with Gasteiger partial charge in [0.25, 0.3) is 0 Å². The lowest BCUT2D eigenvalue weighted by Gasteiger charge is -2.55. The van der Waals surface area contributed by atoms with Crippen molar-refractivity contribution in [3.8, 4) is 11.5 Å². The first kappa shape index (κ1) is 33.1. The van der Waals surface area contributed by atoms with E-state index in [1.807, 2.05) is 72.8 Å². The van der Waals surface area contributed by atoms with Gasteiger partial charge in [0.2, 0.25) is 11.8 Å². The molecule has 1 saturated carbocycles. The van der Waals surface area contributed by atoms with Crippen LogP contribution >= 0.6 is 0 Å². The van der Waals surface area contributed by atoms with Crippen molar-refractivity contribution in [3.63, 3.8) is 0 Å². The highest BCUT2D eigenvalue weighted by molar-refractivity contribution is 6.31. The summed E-state index contributed by atoms with van der Waals surface area (Å²) in [5.74, 6) is -6.06. The quantitative estimate of drug-likeness (QED) is 0.178. The molecular weight excluding hydrogens is 658 g/mol. The van der Waals surface area contributed by atoms with E-state index in [1.54, 1.807) is 36.4 Å². The molecule has 2 fully saturated rings. The number of imide groups is 3. The molecule has 3 aliphatic carbocycles. The van der Waals surface area contributed by atoms with Gasteiger partial charge in [0.05, 0.1) is 24.4 Å². The maximum Gasteiger partial charge on any atom is 0.423 e. The molecule has 260 valence electrons. The minimum absolute atomic E-state index is 0.0696. The lowest BCUT2D eigenvalue weighted by molar-refractivity contribution is -0.138. The molecule has 9 heteroatoms. The Labute approximate surface area is 300 Å². The van der Waals surface area contributed by atoms with Crippen LogP contribution in [-0.2, 0) is 35.9 Å². The summed E-state index contributed by atoms with van der Waals surface area (Å²) in [6.45, 7) is 0.266. The van der Waals surface area contributed by atoms with Gasteiger partial charge in [0.15, 0.2) is 11.6 Å². The van der Waals surface area contributed by atoms with E-state index in [1.165, 1.54) is 12.1 Å². The number of benzene rings is 4. The smallest absolute Gasteiger partial charge is 0.423 e. The highest BCUT2D eigenvalue weighted by atomic mass is 16.5. The highest BCUT2D eigenvalue weighted by Gasteiger charge is 2.66. The van der Waals surface area contributed by atoms with E-state index < -0.39 is 52.9 Å². The lowest BCUT2D eigenvalue weighted by atomic mass is 9.44. The lowest BCUT2D eigenvalue weighted by Crippen LogP contribution is -2.58. The van der Waals surface area contributed by atoms with Gasteiger partial charge < -0.3 is 14.6 Å². The topological polar surface area (TPSA) is 127 Å². The van der Waals surface area contributed by atoms with Crippen molar-refractivity contribution >= 4 is 35.0 Å². The van der Waals surface area contributed by atoms with Crippen LogP contribution in [0.15, 0.2) is 127 Å². The number of carbonyl (C=O) groups excluding carboxylic acids is 5. The third-order valence-corrected chi connectivity index (χ3v) is 11.3. The molecular formula is C43H35NO8. The summed E-state index contributed by atoms with van der Waals surface area (Å²) in [6, 6.07) is 32.7. The molecule has 6 atom stereocenters. The van der Waals surface area contributed by atoms with Crippen LogP contribution in [0.1, 0.15) is 41.0 Å². The normalized spacial score (nSPS) is 26.5. The Morgan fingerprint density at radius 1 is 0.846 bits per heavy atom. The van der Waals surface area contributed by atoms with Crippen LogP contribution < -0.4 is 4.74 Å². The predicted octanol–water partition coefficient (Wildman–Crippen LogP) is 6.56. The van der Waals surface area contributed by atoms with Crippen LogP contribution in [0.2, 0.25) is 0 Å². The number of hydrogen-bond donors (Lipinski definition) is 1. The summed E-state index contributed by atoms with van der Waals surface area (Å²) in [7, 11) is 1.11. The second-order valence-electron chi connectivity index (χ2n) is 13.8. The fourth-order valence-electron chi connectivity index (χ4n) is 9.09. The van der Waals surface area contributed by atoms with Crippen molar-refractivity contribution in [2.24, 2.45) is 23.7 Å². The number of allylic oxidation sites excluding steroid dienone is 4. The molecule has 1 heterocycles. The standard InChI is InChI=1S/C43H35NO8/c1-51-42(50)44-40(48)31-20-19-29-33(37(31)41(44)49)22-34-39(47)32(26-13-7-3-8-14-26)23-36(46)43(34,27-15-9-4-10-16-27)38(29)30-18-17-28(21-35(30)45)52-24-25-11-5-2-6-12-25/h2-19,21,23,31,33-34,37-38,45H,20,22,24H2,1H3/t31-,33+,34-,37-,38+,43-/m0/s1. The number of nitrogens with zero attached hydrogens (tertiary/aromatic N) is 1. The third-order valence-electron chi connectivity index (χ3n) is 11.3. The van der Waals surface area contributed by atoms with Crippen molar-refractivity contribution < 1.29 is 38.6 Å². The number of phenolic OH excluding ortho intramolecular Hbond substituents is 1. The number of fused-ring (bicyclic) bond motifs is 4. The second kappa shape index (κ2) is 12.9. The number of Topliss-reactive ketones (excluding diaryl/α,β-unsaturated/α-hetero) is 1. The van der Waals surface area contributed by atoms with Crippen LogP contribution in [0.4, 0.5) is 4.79 Å². The van der Waals surface area contributed by atoms with E-state index >= 15 is 4.79 Å². The number of phenols is 1. The summed E-state index contributed by atoms with van der Waals surface area (Å²) in [5.41, 5.74) is 1.94. The second-order valence-corrected chi connectivity index (χ2v) is 13.8. The van der Waals surface area contributed by atoms with E-state index in [-0.39, 0.29) is 42.3 Å². The van der Waals surface area contributed by atoms with Gasteiger partial charge in [-0.25, -0.2) is 4.79 Å². The number of amides is 3. The Kier molecular flexibility index (Phi) is 8.21. The molecule has 8 rings (SSSR count). The SMILES string of the molecule is COC(=O)N1C(=O)[C@H]2[C@H](CC=C3[C@H]2C[C@H]2C(=O)C(c4ccccc4)=CC(=O)[C@@]2(c2ccccc2)[C@H]3c2ccc(OCc3ccccc3)cc2O)C1=O. The van der Waals surface area contributed by atoms with E-state index in [0.29, 0.717) is 32.9 Å².